The number of nitrogens with one attached hydrogen (secondary N) is 2. The third kappa shape index (κ3) is 6.78. The van der Waals surface area contributed by atoms with Gasteiger partial charge in [-0.25, -0.2) is 5.43 Å². The Morgan fingerprint density at radius 2 is 1.74 bits per heavy atom. The molecule has 0 unspecified atom stereocenters. The Morgan fingerprint density at radius 3 is 2.41 bits per heavy atom. The van der Waals surface area contributed by atoms with Crippen LogP contribution in [0.1, 0.15) is 11.1 Å². The lowest BCUT2D eigenvalue weighted by Gasteiger charge is -2.27. The Labute approximate surface area is 214 Å². The monoisotopic (exact) mass is 546 g/mol. The van der Waals surface area contributed by atoms with Gasteiger partial charge < -0.3 is 19.9 Å². The second-order valence-corrected chi connectivity index (χ2v) is 8.70. The molecule has 9 nitrogen and oxygen atoms in total. The first-order valence-electron chi connectivity index (χ1n) is 10.7. The molecule has 3 aromatic rings. The molecular weight excluding hydrogens is 520 g/mol. The van der Waals surface area contributed by atoms with Gasteiger partial charge in [0.1, 0.15) is 0 Å². The van der Waals surface area contributed by atoms with E-state index in [2.05, 4.69) is 56.5 Å². The molecule has 2 heterocycles. The normalized spacial score (nSPS) is 13.5. The molecule has 2 N–H and O–H groups in total. The van der Waals surface area contributed by atoms with Gasteiger partial charge in [0.2, 0.25) is 17.8 Å². The van der Waals surface area contributed by atoms with Crippen LogP contribution in [0.3, 0.4) is 0 Å². The van der Waals surface area contributed by atoms with Gasteiger partial charge in [-0.2, -0.15) is 20.1 Å². The van der Waals surface area contributed by atoms with E-state index in [0.717, 1.165) is 40.1 Å². The van der Waals surface area contributed by atoms with Crippen LogP contribution in [0.15, 0.2) is 52.0 Å². The topological polar surface area (TPSA) is 90.8 Å². The van der Waals surface area contributed by atoms with Crippen LogP contribution in [-0.4, -0.2) is 61.6 Å². The van der Waals surface area contributed by atoms with Crippen LogP contribution < -0.4 is 20.5 Å². The maximum Gasteiger partial charge on any atom is 0.250 e. The van der Waals surface area contributed by atoms with E-state index in [1.807, 2.05) is 63.5 Å². The number of hydrogen-bond acceptors (Lipinski definition) is 9. The van der Waals surface area contributed by atoms with Gasteiger partial charge in [-0.15, -0.1) is 12.4 Å². The summed E-state index contributed by atoms with van der Waals surface area (Å²) >= 11 is 3.60. The number of hydrazone groups is 1. The van der Waals surface area contributed by atoms with E-state index in [9.17, 15) is 0 Å². The summed E-state index contributed by atoms with van der Waals surface area (Å²) in [5.41, 5.74) is 7.08. The standard InChI is InChI=1S/C23H27BrN8O.ClH/c1-16-4-9-20(19(24)14-16)26-21-27-22(29-23(28-21)32-10-12-33-13-11-32)30-25-15-17-5-7-18(8-6-17)31(2)3;/h4-9,14-15H,10-13H2,1-3H3,(H2,26,27,28,29,30);1H. The fraction of sp³-hybridized carbons (Fsp3) is 0.304. The maximum atomic E-state index is 5.46. The molecule has 180 valence electrons. The van der Waals surface area contributed by atoms with Crippen molar-refractivity contribution < 1.29 is 4.74 Å². The number of nitrogens with zero attached hydrogens (tertiary/aromatic N) is 6. The first-order chi connectivity index (χ1) is 16.0. The minimum Gasteiger partial charge on any atom is -0.378 e. The van der Waals surface area contributed by atoms with Gasteiger partial charge in [0.15, 0.2) is 0 Å². The largest absolute Gasteiger partial charge is 0.378 e. The van der Waals surface area contributed by atoms with E-state index in [1.54, 1.807) is 6.21 Å². The van der Waals surface area contributed by atoms with Crippen LogP contribution >= 0.6 is 28.3 Å². The molecule has 0 spiro atoms. The highest BCUT2D eigenvalue weighted by Crippen LogP contribution is 2.26. The summed E-state index contributed by atoms with van der Waals surface area (Å²) < 4.78 is 6.40. The third-order valence-corrected chi connectivity index (χ3v) is 5.73. The molecule has 34 heavy (non-hydrogen) atoms. The average molecular weight is 548 g/mol. The van der Waals surface area contributed by atoms with E-state index in [0.29, 0.717) is 31.1 Å². The molecule has 0 aliphatic carbocycles. The zero-order valence-corrected chi connectivity index (χ0v) is 21.7. The van der Waals surface area contributed by atoms with E-state index in [4.69, 9.17) is 4.74 Å². The zero-order valence-electron chi connectivity index (χ0n) is 19.3. The van der Waals surface area contributed by atoms with Crippen molar-refractivity contribution in [2.24, 2.45) is 5.10 Å². The summed E-state index contributed by atoms with van der Waals surface area (Å²) in [6.07, 6.45) is 1.74. The number of hydrogen-bond donors (Lipinski definition) is 2. The smallest absolute Gasteiger partial charge is 0.250 e. The maximum absolute atomic E-state index is 5.46. The van der Waals surface area contributed by atoms with Gasteiger partial charge in [0.05, 0.1) is 25.1 Å². The highest BCUT2D eigenvalue weighted by molar-refractivity contribution is 9.10. The number of aromatic nitrogens is 3. The van der Waals surface area contributed by atoms with Gasteiger partial charge >= 0.3 is 0 Å². The number of morpholine rings is 1. The zero-order chi connectivity index (χ0) is 23.2. The minimum atomic E-state index is 0. The summed E-state index contributed by atoms with van der Waals surface area (Å²) in [7, 11) is 4.02. The van der Waals surface area contributed by atoms with Crippen molar-refractivity contribution in [3.8, 4) is 0 Å². The molecular formula is C23H28BrClN8O. The highest BCUT2D eigenvalue weighted by Gasteiger charge is 2.17. The molecule has 1 aliphatic rings. The average Bonchev–Trinajstić information content (AvgIpc) is 2.82. The molecule has 11 heteroatoms. The van der Waals surface area contributed by atoms with Crippen LogP contribution in [0.2, 0.25) is 0 Å². The van der Waals surface area contributed by atoms with Crippen molar-refractivity contribution in [1.29, 1.82) is 0 Å². The summed E-state index contributed by atoms with van der Waals surface area (Å²) in [4.78, 5) is 17.8. The molecule has 0 saturated carbocycles. The lowest BCUT2D eigenvalue weighted by Crippen LogP contribution is -2.37. The fourth-order valence-corrected chi connectivity index (χ4v) is 3.83. The van der Waals surface area contributed by atoms with E-state index in [1.165, 1.54) is 0 Å². The van der Waals surface area contributed by atoms with Crippen molar-refractivity contribution in [2.75, 3.05) is 60.9 Å². The van der Waals surface area contributed by atoms with Crippen LogP contribution in [-0.2, 0) is 4.74 Å². The summed E-state index contributed by atoms with van der Waals surface area (Å²) in [6.45, 7) is 4.77. The predicted molar refractivity (Wildman–Crippen MR) is 144 cm³/mol. The van der Waals surface area contributed by atoms with Crippen molar-refractivity contribution in [2.45, 2.75) is 6.92 Å². The van der Waals surface area contributed by atoms with E-state index >= 15 is 0 Å². The summed E-state index contributed by atoms with van der Waals surface area (Å²) in [6, 6.07) is 14.2. The molecule has 0 bridgehead atoms. The molecule has 2 aromatic carbocycles. The molecule has 0 atom stereocenters. The van der Waals surface area contributed by atoms with E-state index < -0.39 is 0 Å². The van der Waals surface area contributed by atoms with Crippen molar-refractivity contribution in [3.63, 3.8) is 0 Å². The number of ether oxygens (including phenoxy) is 1. The number of benzene rings is 2. The second-order valence-electron chi connectivity index (χ2n) is 7.85. The summed E-state index contributed by atoms with van der Waals surface area (Å²) in [5, 5.41) is 7.61. The molecule has 1 saturated heterocycles. The quantitative estimate of drug-likeness (QED) is 0.331. The number of rotatable bonds is 7. The SMILES string of the molecule is Cc1ccc(Nc2nc(NN=Cc3ccc(N(C)C)cc3)nc(N3CCOCC3)n2)c(Br)c1.Cl. The second kappa shape index (κ2) is 12.0. The number of aryl methyl sites for hydroxylation is 1. The summed E-state index contributed by atoms with van der Waals surface area (Å²) in [5.74, 6) is 1.37. The first-order valence-corrected chi connectivity index (χ1v) is 11.5. The highest BCUT2D eigenvalue weighted by atomic mass is 79.9. The molecule has 1 fully saturated rings. The Hall–Kier alpha value is -2.95. The van der Waals surface area contributed by atoms with Crippen LogP contribution in [0.25, 0.3) is 0 Å². The molecule has 4 rings (SSSR count). The third-order valence-electron chi connectivity index (χ3n) is 5.08. The van der Waals surface area contributed by atoms with Crippen molar-refractivity contribution in [1.82, 2.24) is 15.0 Å². The van der Waals surface area contributed by atoms with Gasteiger partial charge in [0, 0.05) is 37.3 Å². The van der Waals surface area contributed by atoms with Gasteiger partial charge in [-0.05, 0) is 58.2 Å². The Balaban J connectivity index is 0.00000324. The van der Waals surface area contributed by atoms with E-state index in [-0.39, 0.29) is 12.4 Å². The van der Waals surface area contributed by atoms with Crippen LogP contribution in [0, 0.1) is 6.92 Å². The minimum absolute atomic E-state index is 0. The van der Waals surface area contributed by atoms with Crippen LogP contribution in [0.4, 0.5) is 29.2 Å². The Kier molecular flexibility index (Phi) is 9.03. The van der Waals surface area contributed by atoms with Crippen molar-refractivity contribution in [3.05, 3.63) is 58.1 Å². The number of anilines is 5. The lowest BCUT2D eigenvalue weighted by molar-refractivity contribution is 0.122. The predicted octanol–water partition coefficient (Wildman–Crippen LogP) is 4.46. The van der Waals surface area contributed by atoms with Gasteiger partial charge in [-0.1, -0.05) is 18.2 Å². The first kappa shape index (κ1) is 25.7. The Morgan fingerprint density at radius 1 is 1.03 bits per heavy atom. The van der Waals surface area contributed by atoms with Gasteiger partial charge in [-0.3, -0.25) is 0 Å². The molecule has 1 aliphatic heterocycles. The molecule has 1 aromatic heterocycles. The van der Waals surface area contributed by atoms with Crippen molar-refractivity contribution >= 4 is 63.8 Å². The number of halogens is 2. The molecule has 0 radical (unpaired) electrons. The fourth-order valence-electron chi connectivity index (χ4n) is 3.24. The lowest BCUT2D eigenvalue weighted by atomic mass is 10.2. The molecule has 0 amide bonds. The van der Waals surface area contributed by atoms with Gasteiger partial charge in [0.25, 0.3) is 0 Å². The van der Waals surface area contributed by atoms with Crippen LogP contribution in [0.5, 0.6) is 0 Å². The Bertz CT molecular complexity index is 1120.